The summed E-state index contributed by atoms with van der Waals surface area (Å²) < 4.78 is 79.8. The molecule has 1 heterocycles. The van der Waals surface area contributed by atoms with Crippen LogP contribution in [0.15, 0.2) is 29.2 Å². The summed E-state index contributed by atoms with van der Waals surface area (Å²) in [5.41, 5.74) is 5.90. The van der Waals surface area contributed by atoms with Crippen molar-refractivity contribution in [1.29, 1.82) is 0 Å². The number of hydrogen-bond acceptors (Lipinski definition) is 12. The molecule has 17 heteroatoms. The molecule has 0 bridgehead atoms. The SMILES string of the molecule is CS(=O)(=O)CCCS(=O)(=O)NCCNc1nc(N)nc(Nc2cccc(S(=O)(=O)O)c2)n1. The fraction of sp³-hybridized carbons (Fsp3) is 0.400. The fourth-order valence-corrected chi connectivity index (χ4v) is 4.81. The molecule has 0 saturated carbocycles. The Morgan fingerprint density at radius 2 is 1.66 bits per heavy atom. The highest BCUT2D eigenvalue weighted by molar-refractivity contribution is 7.91. The Hall–Kier alpha value is -2.60. The van der Waals surface area contributed by atoms with E-state index in [0.29, 0.717) is 0 Å². The van der Waals surface area contributed by atoms with Gasteiger partial charge in [-0.3, -0.25) is 4.55 Å². The molecule has 0 radical (unpaired) electrons. The molecule has 6 N–H and O–H groups in total. The van der Waals surface area contributed by atoms with E-state index < -0.39 is 30.0 Å². The van der Waals surface area contributed by atoms with Gasteiger partial charge in [0, 0.05) is 25.0 Å². The molecule has 0 aliphatic rings. The van der Waals surface area contributed by atoms with Crippen molar-refractivity contribution in [3.63, 3.8) is 0 Å². The van der Waals surface area contributed by atoms with Crippen LogP contribution in [-0.2, 0) is 30.0 Å². The van der Waals surface area contributed by atoms with E-state index in [2.05, 4.69) is 30.3 Å². The Labute approximate surface area is 185 Å². The van der Waals surface area contributed by atoms with Crippen LogP contribution in [0.3, 0.4) is 0 Å². The Morgan fingerprint density at radius 1 is 0.969 bits per heavy atom. The summed E-state index contributed by atoms with van der Waals surface area (Å²) in [4.78, 5) is 11.5. The van der Waals surface area contributed by atoms with Crippen molar-refractivity contribution >= 4 is 53.5 Å². The first-order valence-electron chi connectivity index (χ1n) is 8.99. The Bertz CT molecular complexity index is 1270. The van der Waals surface area contributed by atoms with Crippen LogP contribution in [0.2, 0.25) is 0 Å². The topological polar surface area (TPSA) is 223 Å². The van der Waals surface area contributed by atoms with Crippen LogP contribution in [-0.4, -0.2) is 75.6 Å². The van der Waals surface area contributed by atoms with Gasteiger partial charge in [0.1, 0.15) is 9.84 Å². The number of rotatable bonds is 12. The molecule has 1 aromatic heterocycles. The molecule has 0 saturated heterocycles. The number of hydrogen-bond donors (Lipinski definition) is 5. The molecule has 2 aromatic rings. The third-order valence-corrected chi connectivity index (χ3v) is 7.05. The lowest BCUT2D eigenvalue weighted by molar-refractivity contribution is 0.483. The maximum atomic E-state index is 11.9. The fourth-order valence-electron chi connectivity index (χ4n) is 2.35. The molecule has 0 atom stereocenters. The third-order valence-electron chi connectivity index (χ3n) is 3.70. The van der Waals surface area contributed by atoms with Gasteiger partial charge >= 0.3 is 0 Å². The lowest BCUT2D eigenvalue weighted by Crippen LogP contribution is -2.31. The van der Waals surface area contributed by atoms with Crippen molar-refractivity contribution in [2.24, 2.45) is 0 Å². The number of nitrogens with zero attached hydrogens (tertiary/aromatic N) is 3. The number of aromatic nitrogens is 3. The first-order chi connectivity index (χ1) is 14.7. The smallest absolute Gasteiger partial charge is 0.294 e. The molecular weight excluding hydrogens is 486 g/mol. The molecule has 2 rings (SSSR count). The van der Waals surface area contributed by atoms with Gasteiger partial charge in [-0.1, -0.05) is 6.07 Å². The van der Waals surface area contributed by atoms with Crippen molar-refractivity contribution in [1.82, 2.24) is 19.7 Å². The van der Waals surface area contributed by atoms with E-state index in [4.69, 9.17) is 10.3 Å². The number of sulfonamides is 1. The van der Waals surface area contributed by atoms with E-state index in [-0.39, 0.29) is 59.4 Å². The lowest BCUT2D eigenvalue weighted by atomic mass is 10.3. The first kappa shape index (κ1) is 25.7. The van der Waals surface area contributed by atoms with Gasteiger partial charge in [-0.05, 0) is 24.6 Å². The second kappa shape index (κ2) is 10.3. The van der Waals surface area contributed by atoms with Gasteiger partial charge in [-0.25, -0.2) is 21.6 Å². The largest absolute Gasteiger partial charge is 0.368 e. The third kappa shape index (κ3) is 9.27. The minimum atomic E-state index is -4.39. The van der Waals surface area contributed by atoms with Crippen molar-refractivity contribution in [2.45, 2.75) is 11.3 Å². The Balaban J connectivity index is 1.93. The lowest BCUT2D eigenvalue weighted by Gasteiger charge is -2.10. The number of nitrogens with two attached hydrogens (primary N) is 1. The molecule has 0 aliphatic carbocycles. The summed E-state index contributed by atoms with van der Waals surface area (Å²) in [6, 6.07) is 5.29. The van der Waals surface area contributed by atoms with Gasteiger partial charge in [-0.15, -0.1) is 0 Å². The quantitative estimate of drug-likeness (QED) is 0.175. The predicted molar refractivity (Wildman–Crippen MR) is 118 cm³/mol. The van der Waals surface area contributed by atoms with Crippen LogP contribution in [0.25, 0.3) is 0 Å². The van der Waals surface area contributed by atoms with Gasteiger partial charge in [0.25, 0.3) is 10.1 Å². The summed E-state index contributed by atoms with van der Waals surface area (Å²) in [5.74, 6) is -0.692. The molecular formula is C15H23N7O7S3. The number of nitrogens with one attached hydrogen (secondary N) is 3. The van der Waals surface area contributed by atoms with E-state index in [1.165, 1.54) is 24.3 Å². The van der Waals surface area contributed by atoms with Crippen LogP contribution in [0.4, 0.5) is 23.5 Å². The zero-order valence-corrected chi connectivity index (χ0v) is 19.3. The minimum Gasteiger partial charge on any atom is -0.368 e. The molecule has 14 nitrogen and oxygen atoms in total. The van der Waals surface area contributed by atoms with Crippen LogP contribution in [0.1, 0.15) is 6.42 Å². The highest BCUT2D eigenvalue weighted by Gasteiger charge is 2.13. The summed E-state index contributed by atoms with van der Waals surface area (Å²) in [6.07, 6.45) is 1.02. The molecule has 0 aliphatic heterocycles. The van der Waals surface area contributed by atoms with E-state index >= 15 is 0 Å². The van der Waals surface area contributed by atoms with Crippen LogP contribution in [0, 0.1) is 0 Å². The summed E-state index contributed by atoms with van der Waals surface area (Å²) in [6.45, 7) is 0.0679. The van der Waals surface area contributed by atoms with Gasteiger partial charge in [0.15, 0.2) is 0 Å². The summed E-state index contributed by atoms with van der Waals surface area (Å²) in [5, 5.41) is 5.49. The monoisotopic (exact) mass is 509 g/mol. The predicted octanol–water partition coefficient (Wildman–Crippen LogP) is -0.790. The second-order valence-corrected chi connectivity index (χ2v) is 12.2. The number of anilines is 4. The zero-order valence-electron chi connectivity index (χ0n) is 16.9. The number of nitrogen functional groups attached to an aromatic ring is 1. The van der Waals surface area contributed by atoms with E-state index in [0.717, 1.165) is 6.26 Å². The minimum absolute atomic E-state index is 0.0145. The standard InChI is InChI=1S/C15H23N7O7S3/c1-30(23,24)8-3-9-31(25,26)18-7-6-17-14-20-13(16)21-15(22-14)19-11-4-2-5-12(10-11)32(27,28)29/h2,4-5,10,18H,3,6-9H2,1H3,(H,27,28,29)(H4,16,17,19,20,21,22). The molecule has 0 fully saturated rings. The first-order valence-corrected chi connectivity index (χ1v) is 14.1. The van der Waals surface area contributed by atoms with Gasteiger partial charge in [-0.2, -0.15) is 23.4 Å². The zero-order chi connectivity index (χ0) is 24.0. The summed E-state index contributed by atoms with van der Waals surface area (Å²) >= 11 is 0. The van der Waals surface area contributed by atoms with E-state index in [1.54, 1.807) is 0 Å². The average molecular weight is 510 g/mol. The molecule has 178 valence electrons. The van der Waals surface area contributed by atoms with Crippen molar-refractivity contribution < 1.29 is 29.8 Å². The maximum Gasteiger partial charge on any atom is 0.294 e. The van der Waals surface area contributed by atoms with Crippen molar-refractivity contribution in [3.8, 4) is 0 Å². The molecule has 0 amide bonds. The Kier molecular flexibility index (Phi) is 8.29. The van der Waals surface area contributed by atoms with Gasteiger partial charge < -0.3 is 16.4 Å². The van der Waals surface area contributed by atoms with Crippen LogP contribution < -0.4 is 21.1 Å². The van der Waals surface area contributed by atoms with E-state index in [1.807, 2.05) is 0 Å². The summed E-state index contributed by atoms with van der Waals surface area (Å²) in [7, 11) is -11.3. The van der Waals surface area contributed by atoms with Crippen molar-refractivity contribution in [3.05, 3.63) is 24.3 Å². The highest BCUT2D eigenvalue weighted by Crippen LogP contribution is 2.19. The molecule has 0 unspecified atom stereocenters. The van der Waals surface area contributed by atoms with Crippen LogP contribution >= 0.6 is 0 Å². The molecule has 32 heavy (non-hydrogen) atoms. The van der Waals surface area contributed by atoms with Crippen molar-refractivity contribution in [2.75, 3.05) is 47.2 Å². The molecule has 1 aromatic carbocycles. The van der Waals surface area contributed by atoms with Gasteiger partial charge in [0.2, 0.25) is 27.9 Å². The molecule has 0 spiro atoms. The normalized spacial score (nSPS) is 12.4. The van der Waals surface area contributed by atoms with E-state index in [9.17, 15) is 25.3 Å². The van der Waals surface area contributed by atoms with Gasteiger partial charge in [0.05, 0.1) is 16.4 Å². The van der Waals surface area contributed by atoms with Crippen LogP contribution in [0.5, 0.6) is 0 Å². The Morgan fingerprint density at radius 3 is 2.31 bits per heavy atom. The maximum absolute atomic E-state index is 11.9. The average Bonchev–Trinajstić information content (AvgIpc) is 2.63. The number of sulfone groups is 1. The highest BCUT2D eigenvalue weighted by atomic mass is 32.2. The second-order valence-electron chi connectivity index (χ2n) is 6.59. The number of benzene rings is 1.